The molecule has 0 spiro atoms. The van der Waals surface area contributed by atoms with Crippen molar-refractivity contribution in [1.29, 1.82) is 0 Å². The molecule has 0 radical (unpaired) electrons. The second-order valence-electron chi connectivity index (χ2n) is 5.16. The van der Waals surface area contributed by atoms with Gasteiger partial charge in [-0.3, -0.25) is 4.90 Å². The summed E-state index contributed by atoms with van der Waals surface area (Å²) in [5.74, 6) is 1.27. The lowest BCUT2D eigenvalue weighted by atomic mass is 10.1. The molecule has 5 nitrogen and oxygen atoms in total. The molecule has 2 N–H and O–H groups in total. The number of likely N-dealkylation sites (tertiary alicyclic amines) is 1. The number of benzene rings is 1. The molecule has 1 aromatic heterocycles. The van der Waals surface area contributed by atoms with Crippen molar-refractivity contribution in [2.75, 3.05) is 13.1 Å². The zero-order valence-electron chi connectivity index (χ0n) is 11.1. The van der Waals surface area contributed by atoms with E-state index in [0.717, 1.165) is 36.0 Å². The summed E-state index contributed by atoms with van der Waals surface area (Å²) in [7, 11) is 0. The lowest BCUT2D eigenvalue weighted by Gasteiger charge is -2.29. The number of rotatable bonds is 3. The predicted octanol–water partition coefficient (Wildman–Crippen LogP) is 2.42. The molecule has 1 aromatic carbocycles. The van der Waals surface area contributed by atoms with Gasteiger partial charge in [-0.15, -0.1) is 0 Å². The lowest BCUT2D eigenvalue weighted by Crippen LogP contribution is -2.42. The topological polar surface area (TPSA) is 68.2 Å². The van der Waals surface area contributed by atoms with Gasteiger partial charge >= 0.3 is 0 Å². The van der Waals surface area contributed by atoms with E-state index in [2.05, 4.69) is 31.0 Å². The molecule has 20 heavy (non-hydrogen) atoms. The molecule has 3 rings (SSSR count). The number of aromatic nitrogens is 2. The molecule has 0 saturated carbocycles. The van der Waals surface area contributed by atoms with Crippen LogP contribution in [0.1, 0.15) is 18.7 Å². The normalized spacial score (nSPS) is 20.2. The highest BCUT2D eigenvalue weighted by Crippen LogP contribution is 2.21. The van der Waals surface area contributed by atoms with Crippen molar-refractivity contribution in [1.82, 2.24) is 15.0 Å². The Morgan fingerprint density at radius 1 is 1.45 bits per heavy atom. The second-order valence-corrected chi connectivity index (χ2v) is 6.08. The van der Waals surface area contributed by atoms with Gasteiger partial charge in [0.25, 0.3) is 0 Å². The highest BCUT2D eigenvalue weighted by molar-refractivity contribution is 9.10. The molecule has 1 fully saturated rings. The second kappa shape index (κ2) is 6.03. The van der Waals surface area contributed by atoms with E-state index in [1.807, 2.05) is 24.3 Å². The van der Waals surface area contributed by atoms with Gasteiger partial charge in [-0.1, -0.05) is 33.2 Å². The fraction of sp³-hybridized carbons (Fsp3) is 0.429. The van der Waals surface area contributed by atoms with Crippen molar-refractivity contribution in [2.24, 2.45) is 5.73 Å². The Labute approximate surface area is 126 Å². The molecule has 0 amide bonds. The van der Waals surface area contributed by atoms with Crippen LogP contribution in [0, 0.1) is 0 Å². The Balaban J connectivity index is 1.70. The van der Waals surface area contributed by atoms with Gasteiger partial charge in [-0.2, -0.15) is 4.98 Å². The summed E-state index contributed by atoms with van der Waals surface area (Å²) in [4.78, 5) is 6.73. The summed E-state index contributed by atoms with van der Waals surface area (Å²) in [6.45, 7) is 2.62. The fourth-order valence-corrected chi connectivity index (χ4v) is 2.89. The molecule has 1 atom stereocenters. The number of nitrogens with two attached hydrogens (primary N) is 1. The van der Waals surface area contributed by atoms with Crippen LogP contribution in [0.4, 0.5) is 0 Å². The maximum atomic E-state index is 5.98. The number of halogens is 1. The Hall–Kier alpha value is -1.24. The van der Waals surface area contributed by atoms with Crippen LogP contribution < -0.4 is 5.73 Å². The Morgan fingerprint density at radius 2 is 2.35 bits per heavy atom. The largest absolute Gasteiger partial charge is 0.338 e. The van der Waals surface area contributed by atoms with Gasteiger partial charge in [0.2, 0.25) is 11.7 Å². The summed E-state index contributed by atoms with van der Waals surface area (Å²) < 4.78 is 6.34. The minimum absolute atomic E-state index is 0.260. The number of hydrogen-bond donors (Lipinski definition) is 1. The zero-order valence-corrected chi connectivity index (χ0v) is 12.7. The first kappa shape index (κ1) is 13.7. The van der Waals surface area contributed by atoms with E-state index >= 15 is 0 Å². The van der Waals surface area contributed by atoms with Gasteiger partial charge in [-0.05, 0) is 31.5 Å². The first-order valence-corrected chi connectivity index (χ1v) is 7.56. The molecule has 2 heterocycles. The van der Waals surface area contributed by atoms with E-state index < -0.39 is 0 Å². The molecule has 106 valence electrons. The highest BCUT2D eigenvalue weighted by Gasteiger charge is 2.19. The summed E-state index contributed by atoms with van der Waals surface area (Å²) in [5, 5.41) is 4.05. The predicted molar refractivity (Wildman–Crippen MR) is 79.9 cm³/mol. The van der Waals surface area contributed by atoms with E-state index in [-0.39, 0.29) is 6.04 Å². The van der Waals surface area contributed by atoms with Crippen molar-refractivity contribution in [3.63, 3.8) is 0 Å². The van der Waals surface area contributed by atoms with Crippen molar-refractivity contribution in [2.45, 2.75) is 25.4 Å². The van der Waals surface area contributed by atoms with Crippen LogP contribution in [-0.4, -0.2) is 34.2 Å². The van der Waals surface area contributed by atoms with E-state index in [1.165, 1.54) is 0 Å². The molecule has 1 aliphatic rings. The van der Waals surface area contributed by atoms with E-state index in [1.54, 1.807) is 0 Å². The third-order valence-corrected chi connectivity index (χ3v) is 3.94. The van der Waals surface area contributed by atoms with E-state index in [4.69, 9.17) is 10.3 Å². The van der Waals surface area contributed by atoms with Crippen LogP contribution in [0.15, 0.2) is 33.3 Å². The lowest BCUT2D eigenvalue weighted by molar-refractivity contribution is 0.178. The minimum Gasteiger partial charge on any atom is -0.338 e. The Morgan fingerprint density at radius 3 is 3.15 bits per heavy atom. The molecule has 0 bridgehead atoms. The molecule has 0 unspecified atom stereocenters. The molecule has 2 aromatic rings. The molecule has 6 heteroatoms. The summed E-state index contributed by atoms with van der Waals surface area (Å²) >= 11 is 3.44. The van der Waals surface area contributed by atoms with E-state index in [0.29, 0.717) is 18.3 Å². The number of nitrogens with zero attached hydrogens (tertiary/aromatic N) is 3. The Bertz CT molecular complexity index is 586. The van der Waals surface area contributed by atoms with Crippen molar-refractivity contribution in [3.05, 3.63) is 34.6 Å². The van der Waals surface area contributed by atoms with Crippen LogP contribution in [0.3, 0.4) is 0 Å². The van der Waals surface area contributed by atoms with Gasteiger partial charge < -0.3 is 10.3 Å². The van der Waals surface area contributed by atoms with Crippen molar-refractivity contribution in [3.8, 4) is 11.4 Å². The fourth-order valence-electron chi connectivity index (χ4n) is 2.49. The van der Waals surface area contributed by atoms with Gasteiger partial charge in [0.15, 0.2) is 0 Å². The quantitative estimate of drug-likeness (QED) is 0.932. The summed E-state index contributed by atoms with van der Waals surface area (Å²) in [6.07, 6.45) is 2.23. The van der Waals surface area contributed by atoms with Crippen LogP contribution in [-0.2, 0) is 6.54 Å². The molecule has 1 aliphatic heterocycles. The average molecular weight is 337 g/mol. The van der Waals surface area contributed by atoms with Crippen molar-refractivity contribution >= 4 is 15.9 Å². The maximum absolute atomic E-state index is 5.98. The van der Waals surface area contributed by atoms with Gasteiger partial charge in [0.05, 0.1) is 6.54 Å². The van der Waals surface area contributed by atoms with Crippen LogP contribution >= 0.6 is 15.9 Å². The first-order valence-electron chi connectivity index (χ1n) is 6.77. The van der Waals surface area contributed by atoms with Crippen LogP contribution in [0.5, 0.6) is 0 Å². The third-order valence-electron chi connectivity index (χ3n) is 3.45. The standard InChI is InChI=1S/C14H17BrN4O/c15-11-4-1-3-10(7-11)14-17-13(20-18-14)9-19-6-2-5-12(16)8-19/h1,3-4,7,12H,2,5-6,8-9,16H2/t12-/m1/s1. The first-order chi connectivity index (χ1) is 9.70. The number of hydrogen-bond acceptors (Lipinski definition) is 5. The maximum Gasteiger partial charge on any atom is 0.241 e. The van der Waals surface area contributed by atoms with Crippen LogP contribution in [0.25, 0.3) is 11.4 Å². The van der Waals surface area contributed by atoms with Gasteiger partial charge in [0.1, 0.15) is 0 Å². The molecule has 0 aliphatic carbocycles. The van der Waals surface area contributed by atoms with Crippen molar-refractivity contribution < 1.29 is 4.52 Å². The van der Waals surface area contributed by atoms with Gasteiger partial charge in [0, 0.05) is 22.6 Å². The monoisotopic (exact) mass is 336 g/mol. The zero-order chi connectivity index (χ0) is 13.9. The third kappa shape index (κ3) is 3.26. The van der Waals surface area contributed by atoms with E-state index in [9.17, 15) is 0 Å². The Kier molecular flexibility index (Phi) is 4.14. The molecular formula is C14H17BrN4O. The SMILES string of the molecule is N[C@@H]1CCCN(Cc2nc(-c3cccc(Br)c3)no2)C1. The minimum atomic E-state index is 0.260. The summed E-state index contributed by atoms with van der Waals surface area (Å²) in [6, 6.07) is 8.14. The smallest absolute Gasteiger partial charge is 0.241 e. The number of piperidine rings is 1. The average Bonchev–Trinajstić information content (AvgIpc) is 2.87. The highest BCUT2D eigenvalue weighted by atomic mass is 79.9. The van der Waals surface area contributed by atoms with Crippen LogP contribution in [0.2, 0.25) is 0 Å². The molecular weight excluding hydrogens is 320 g/mol. The molecule has 1 saturated heterocycles. The van der Waals surface area contributed by atoms with Gasteiger partial charge in [-0.25, -0.2) is 0 Å². The summed E-state index contributed by atoms with van der Waals surface area (Å²) in [5.41, 5.74) is 6.93.